The number of nitrogens with one attached hydrogen (secondary N) is 2. The molecule has 0 aromatic heterocycles. The first-order chi connectivity index (χ1) is 35.6. The van der Waals surface area contributed by atoms with Gasteiger partial charge < -0.3 is 54.0 Å². The number of aliphatic hydroxyl groups is 1. The van der Waals surface area contributed by atoms with Gasteiger partial charge in [0.05, 0.1) is 39.6 Å². The maximum atomic E-state index is 13.3. The highest BCUT2D eigenvalue weighted by atomic mass is 16.7. The largest absolute Gasteiger partial charge is 0.388 e. The molecule has 4 aromatic rings. The van der Waals surface area contributed by atoms with E-state index >= 15 is 0 Å². The molecular formula is C57H64N4O13. The van der Waals surface area contributed by atoms with Gasteiger partial charge in [0.1, 0.15) is 25.4 Å². The van der Waals surface area contributed by atoms with Crippen molar-refractivity contribution >= 4 is 35.2 Å². The van der Waals surface area contributed by atoms with Gasteiger partial charge in [0, 0.05) is 68.2 Å². The predicted molar refractivity (Wildman–Crippen MR) is 272 cm³/mol. The van der Waals surface area contributed by atoms with Crippen molar-refractivity contribution in [1.82, 2.24) is 20.4 Å². The van der Waals surface area contributed by atoms with E-state index in [1.54, 1.807) is 48.5 Å². The molecule has 3 N–H and O–H groups in total. The minimum atomic E-state index is -1.83. The molecule has 3 atom stereocenters. The topological polar surface area (TPSA) is 209 Å². The molecule has 3 aliphatic heterocycles. The average Bonchev–Trinajstić information content (AvgIpc) is 3.41. The van der Waals surface area contributed by atoms with Crippen molar-refractivity contribution in [1.29, 1.82) is 0 Å². The Kier molecular flexibility index (Phi) is 20.3. The second kappa shape index (κ2) is 26.8. The number of likely N-dealkylation sites (N-methyl/N-ethyl adjacent to an activating group) is 4. The van der Waals surface area contributed by atoms with Gasteiger partial charge in [-0.1, -0.05) is 47.9 Å². The first-order valence-corrected chi connectivity index (χ1v) is 24.3. The maximum absolute atomic E-state index is 13.3. The van der Waals surface area contributed by atoms with Crippen LogP contribution in [0.4, 0.5) is 0 Å². The van der Waals surface area contributed by atoms with Gasteiger partial charge in [-0.25, -0.2) is 0 Å². The fourth-order valence-corrected chi connectivity index (χ4v) is 7.62. The number of carbonyl (C=O) groups is 6. The Morgan fingerprint density at radius 2 is 0.959 bits per heavy atom. The number of Topliss-reactive ketones (excluding diaryl/α,β-unsaturated/α-hetero) is 2. The zero-order valence-corrected chi connectivity index (χ0v) is 42.7. The number of nitrogens with zero attached hydrogens (tertiary/aromatic N) is 2. The van der Waals surface area contributed by atoms with Crippen molar-refractivity contribution in [3.05, 3.63) is 142 Å². The predicted octanol–water partition coefficient (Wildman–Crippen LogP) is 3.83. The van der Waals surface area contributed by atoms with Gasteiger partial charge >= 0.3 is 0 Å². The molecule has 3 aliphatic rings. The summed E-state index contributed by atoms with van der Waals surface area (Å²) in [6.45, 7) is 5.79. The molecule has 4 aromatic carbocycles. The summed E-state index contributed by atoms with van der Waals surface area (Å²) in [5, 5.41) is 14.2. The Bertz CT molecular complexity index is 2690. The summed E-state index contributed by atoms with van der Waals surface area (Å²) in [6.07, 6.45) is 2.46. The van der Waals surface area contributed by atoms with Crippen LogP contribution in [0, 0.1) is 23.7 Å². The van der Waals surface area contributed by atoms with Gasteiger partial charge in [-0.15, -0.1) is 0 Å². The van der Waals surface area contributed by atoms with Crippen molar-refractivity contribution in [2.75, 3.05) is 74.4 Å². The first-order valence-electron chi connectivity index (χ1n) is 24.3. The van der Waals surface area contributed by atoms with Crippen LogP contribution in [0.25, 0.3) is 0 Å². The van der Waals surface area contributed by atoms with Gasteiger partial charge in [0.25, 0.3) is 23.6 Å². The summed E-state index contributed by atoms with van der Waals surface area (Å²) < 4.78 is 32.8. The van der Waals surface area contributed by atoms with Crippen LogP contribution in [0.3, 0.4) is 0 Å². The monoisotopic (exact) mass is 1010 g/mol. The molecule has 3 fully saturated rings. The van der Waals surface area contributed by atoms with E-state index < -0.39 is 59.2 Å². The Balaban J connectivity index is 0.000000244. The number of amides is 4. The fourth-order valence-electron chi connectivity index (χ4n) is 7.62. The maximum Gasteiger partial charge on any atom is 0.254 e. The number of hydrogen-bond donors (Lipinski definition) is 3. The number of ether oxygens (including phenoxy) is 6. The normalized spacial score (nSPS) is 16.7. The van der Waals surface area contributed by atoms with Crippen LogP contribution < -0.4 is 10.6 Å². The summed E-state index contributed by atoms with van der Waals surface area (Å²) >= 11 is 0. The lowest BCUT2D eigenvalue weighted by molar-refractivity contribution is -0.174. The molecule has 17 nitrogen and oxygen atoms in total. The van der Waals surface area contributed by atoms with Crippen LogP contribution in [-0.2, 0) is 60.8 Å². The molecule has 0 radical (unpaired) electrons. The molecule has 74 heavy (non-hydrogen) atoms. The van der Waals surface area contributed by atoms with Gasteiger partial charge in [-0.05, 0) is 117 Å². The second-order valence-electron chi connectivity index (χ2n) is 18.1. The minimum Gasteiger partial charge on any atom is -0.388 e. The van der Waals surface area contributed by atoms with E-state index in [0.29, 0.717) is 63.8 Å². The first kappa shape index (κ1) is 56.2. The molecule has 4 amide bonds. The summed E-state index contributed by atoms with van der Waals surface area (Å²) in [5.74, 6) is 8.77. The second-order valence-corrected chi connectivity index (χ2v) is 18.1. The highest BCUT2D eigenvalue weighted by Gasteiger charge is 2.47. The molecule has 0 aliphatic carbocycles. The smallest absolute Gasteiger partial charge is 0.254 e. The number of ketones is 2. The number of benzene rings is 4. The SMILES string of the molecule is CNC(=O)[C@@](C)(C(=O)CO)N(C)C(=O)c1ccc(C#Cc2ccc(COC3COC3)cc2)cc1.CNC(=O)[C@@](C)(C(=O)COC1CCCCO1)N(C)C(=O)c1ccc(C#Cc2ccc(COC3COC3)cc2)cc1. The number of aliphatic hydroxyl groups excluding tert-OH is 1. The van der Waals surface area contributed by atoms with Gasteiger partial charge in [0.2, 0.25) is 0 Å². The van der Waals surface area contributed by atoms with Gasteiger partial charge in [0.15, 0.2) is 28.9 Å². The van der Waals surface area contributed by atoms with Crippen molar-refractivity contribution in [2.45, 2.75) is 75.9 Å². The van der Waals surface area contributed by atoms with Crippen LogP contribution in [0.5, 0.6) is 0 Å². The Morgan fingerprint density at radius 3 is 1.28 bits per heavy atom. The molecule has 0 spiro atoms. The third-order valence-corrected chi connectivity index (χ3v) is 13.1. The highest BCUT2D eigenvalue weighted by Crippen LogP contribution is 2.23. The molecule has 0 saturated carbocycles. The summed E-state index contributed by atoms with van der Waals surface area (Å²) in [4.78, 5) is 79.1. The minimum absolute atomic E-state index is 0.182. The van der Waals surface area contributed by atoms with E-state index in [-0.39, 0.29) is 24.4 Å². The highest BCUT2D eigenvalue weighted by molar-refractivity contribution is 6.15. The molecule has 390 valence electrons. The van der Waals surface area contributed by atoms with E-state index in [4.69, 9.17) is 28.4 Å². The summed E-state index contributed by atoms with van der Waals surface area (Å²) in [6, 6.07) is 28.9. The average molecular weight is 1010 g/mol. The van der Waals surface area contributed by atoms with E-state index in [1.165, 1.54) is 42.0 Å². The lowest BCUT2D eigenvalue weighted by Gasteiger charge is -2.36. The van der Waals surface area contributed by atoms with E-state index in [2.05, 4.69) is 34.3 Å². The van der Waals surface area contributed by atoms with Crippen LogP contribution in [0.2, 0.25) is 0 Å². The molecule has 3 heterocycles. The Labute approximate surface area is 432 Å². The number of hydrogen-bond acceptors (Lipinski definition) is 13. The zero-order chi connectivity index (χ0) is 53.3. The van der Waals surface area contributed by atoms with Crippen molar-refractivity contribution < 1.29 is 62.3 Å². The zero-order valence-electron chi connectivity index (χ0n) is 42.7. The van der Waals surface area contributed by atoms with E-state index in [0.717, 1.165) is 50.5 Å². The van der Waals surface area contributed by atoms with Crippen molar-refractivity contribution in [3.63, 3.8) is 0 Å². The van der Waals surface area contributed by atoms with Gasteiger partial charge in [-0.2, -0.15) is 0 Å². The summed E-state index contributed by atoms with van der Waals surface area (Å²) in [5.41, 5.74) is 2.29. The third-order valence-electron chi connectivity index (χ3n) is 13.1. The molecular weight excluding hydrogens is 949 g/mol. The van der Waals surface area contributed by atoms with Crippen molar-refractivity contribution in [3.8, 4) is 23.7 Å². The summed E-state index contributed by atoms with van der Waals surface area (Å²) in [7, 11) is 5.59. The standard InChI is InChI=1S/C31H36N2O7.C26H28N2O6/c1-31(30(36)32-2,27(34)21-40-28-6-4-5-17-38-28)33(3)29(35)25-15-13-23(14-16-25)8-7-22-9-11-24(12-10-22)18-39-26-19-37-20-26;1-26(23(30)14-29,25(32)27-2)28(3)24(31)21-12-10-19(11-13-21)5-4-18-6-8-20(9-7-18)15-34-22-16-33-17-22/h9-16,26,28H,4-6,17-21H2,1-3H3,(H,32,36);6-13,22,29H,14-17H2,1-3H3,(H,27,32)/t28?,31-;26-/m11/s1. The van der Waals surface area contributed by atoms with Crippen LogP contribution in [-0.4, -0.2) is 154 Å². The lowest BCUT2D eigenvalue weighted by Crippen LogP contribution is -2.62. The van der Waals surface area contributed by atoms with E-state index in [1.807, 2.05) is 48.5 Å². The Morgan fingerprint density at radius 1 is 0.581 bits per heavy atom. The van der Waals surface area contributed by atoms with Crippen LogP contribution in [0.1, 0.15) is 87.2 Å². The molecule has 1 unspecified atom stereocenters. The molecule has 17 heteroatoms. The Hall–Kier alpha value is -7.06. The van der Waals surface area contributed by atoms with Crippen LogP contribution in [0.15, 0.2) is 97.1 Å². The lowest BCUT2D eigenvalue weighted by atomic mass is 9.92. The van der Waals surface area contributed by atoms with Crippen molar-refractivity contribution in [2.24, 2.45) is 0 Å². The number of rotatable bonds is 18. The van der Waals surface area contributed by atoms with Crippen LogP contribution >= 0.6 is 0 Å². The molecule has 3 saturated heterocycles. The number of carbonyl (C=O) groups excluding carboxylic acids is 6. The molecule has 7 rings (SSSR count). The quantitative estimate of drug-likeness (QED) is 0.0959. The fraction of sp³-hybridized carbons (Fsp3) is 0.404. The molecule has 0 bridgehead atoms. The third kappa shape index (κ3) is 14.4. The van der Waals surface area contributed by atoms with E-state index in [9.17, 15) is 33.9 Å². The van der Waals surface area contributed by atoms with Gasteiger partial charge in [-0.3, -0.25) is 28.8 Å².